The van der Waals surface area contributed by atoms with Crippen LogP contribution < -0.4 is 15.4 Å². The van der Waals surface area contributed by atoms with Gasteiger partial charge in [-0.25, -0.2) is 0 Å². The van der Waals surface area contributed by atoms with Crippen LogP contribution in [0.2, 0.25) is 0 Å². The van der Waals surface area contributed by atoms with Gasteiger partial charge in [0.2, 0.25) is 0 Å². The average molecular weight is 298 g/mol. The highest BCUT2D eigenvalue weighted by Gasteiger charge is 2.14. The van der Waals surface area contributed by atoms with E-state index in [1.165, 1.54) is 0 Å². The van der Waals surface area contributed by atoms with Crippen LogP contribution in [0.15, 0.2) is 42.5 Å². The fraction of sp³-hybridized carbons (Fsp3) is 0.176. The Kier molecular flexibility index (Phi) is 4.78. The molecule has 0 saturated carbocycles. The smallest absolute Gasteiger partial charge is 0.314 e. The number of carbonyl (C=O) groups is 2. The van der Waals surface area contributed by atoms with Gasteiger partial charge in [0.15, 0.2) is 0 Å². The summed E-state index contributed by atoms with van der Waals surface area (Å²) in [6.45, 7) is 3.86. The number of methoxy groups -OCH3 is 1. The first-order valence-electron chi connectivity index (χ1n) is 6.82. The first-order valence-corrected chi connectivity index (χ1v) is 6.82. The number of benzene rings is 2. The SMILES string of the molecule is COc1ccc(NC(=O)C(=O)Nc2cc(C)cc(C)c2)cc1. The number of anilines is 2. The number of hydrogen-bond donors (Lipinski definition) is 2. The van der Waals surface area contributed by atoms with E-state index in [-0.39, 0.29) is 0 Å². The van der Waals surface area contributed by atoms with E-state index in [1.807, 2.05) is 32.0 Å². The van der Waals surface area contributed by atoms with Gasteiger partial charge >= 0.3 is 11.8 Å². The van der Waals surface area contributed by atoms with Crippen molar-refractivity contribution >= 4 is 23.2 Å². The van der Waals surface area contributed by atoms with Gasteiger partial charge in [-0.05, 0) is 61.4 Å². The molecule has 0 bridgehead atoms. The van der Waals surface area contributed by atoms with Gasteiger partial charge in [-0.3, -0.25) is 9.59 Å². The predicted molar refractivity (Wildman–Crippen MR) is 86.2 cm³/mol. The topological polar surface area (TPSA) is 67.4 Å². The second-order valence-corrected chi connectivity index (χ2v) is 5.01. The molecular weight excluding hydrogens is 280 g/mol. The summed E-state index contributed by atoms with van der Waals surface area (Å²) in [6.07, 6.45) is 0. The van der Waals surface area contributed by atoms with Crippen molar-refractivity contribution in [3.63, 3.8) is 0 Å². The summed E-state index contributed by atoms with van der Waals surface area (Å²) in [5.41, 5.74) is 3.17. The Morgan fingerprint density at radius 2 is 1.32 bits per heavy atom. The Morgan fingerprint density at radius 1 is 0.818 bits per heavy atom. The molecule has 0 aliphatic carbocycles. The normalized spacial score (nSPS) is 9.95. The largest absolute Gasteiger partial charge is 0.497 e. The molecule has 0 heterocycles. The van der Waals surface area contributed by atoms with E-state index in [0.29, 0.717) is 17.1 Å². The van der Waals surface area contributed by atoms with Crippen LogP contribution in [-0.4, -0.2) is 18.9 Å². The zero-order valence-electron chi connectivity index (χ0n) is 12.8. The Morgan fingerprint density at radius 3 is 1.82 bits per heavy atom. The minimum Gasteiger partial charge on any atom is -0.497 e. The van der Waals surface area contributed by atoms with E-state index in [0.717, 1.165) is 11.1 Å². The number of nitrogens with one attached hydrogen (secondary N) is 2. The van der Waals surface area contributed by atoms with Crippen LogP contribution >= 0.6 is 0 Å². The van der Waals surface area contributed by atoms with Crippen molar-refractivity contribution in [3.8, 4) is 5.75 Å². The van der Waals surface area contributed by atoms with Gasteiger partial charge in [0.25, 0.3) is 0 Å². The van der Waals surface area contributed by atoms with E-state index in [9.17, 15) is 9.59 Å². The summed E-state index contributed by atoms with van der Waals surface area (Å²) >= 11 is 0. The lowest BCUT2D eigenvalue weighted by atomic mass is 10.1. The number of hydrogen-bond acceptors (Lipinski definition) is 3. The summed E-state index contributed by atoms with van der Waals surface area (Å²) in [6, 6.07) is 12.4. The molecule has 0 saturated heterocycles. The fourth-order valence-corrected chi connectivity index (χ4v) is 2.10. The lowest BCUT2D eigenvalue weighted by Gasteiger charge is -2.08. The first kappa shape index (κ1) is 15.6. The van der Waals surface area contributed by atoms with Crippen molar-refractivity contribution in [1.29, 1.82) is 0 Å². The van der Waals surface area contributed by atoms with Gasteiger partial charge < -0.3 is 15.4 Å². The fourth-order valence-electron chi connectivity index (χ4n) is 2.10. The van der Waals surface area contributed by atoms with Crippen LogP contribution in [-0.2, 0) is 9.59 Å². The molecule has 0 aliphatic rings. The van der Waals surface area contributed by atoms with E-state index in [1.54, 1.807) is 31.4 Å². The molecule has 5 nitrogen and oxygen atoms in total. The lowest BCUT2D eigenvalue weighted by molar-refractivity contribution is -0.132. The van der Waals surface area contributed by atoms with Crippen molar-refractivity contribution in [3.05, 3.63) is 53.6 Å². The molecule has 2 amide bonds. The number of amides is 2. The summed E-state index contributed by atoms with van der Waals surface area (Å²) in [5, 5.41) is 5.13. The van der Waals surface area contributed by atoms with Crippen LogP contribution in [0.25, 0.3) is 0 Å². The van der Waals surface area contributed by atoms with Crippen LogP contribution in [0.5, 0.6) is 5.75 Å². The van der Waals surface area contributed by atoms with Crippen LogP contribution in [0.1, 0.15) is 11.1 Å². The number of aryl methyl sites for hydroxylation is 2. The maximum absolute atomic E-state index is 11.9. The highest BCUT2D eigenvalue weighted by molar-refractivity contribution is 6.43. The van der Waals surface area contributed by atoms with Crippen molar-refractivity contribution in [1.82, 2.24) is 0 Å². The van der Waals surface area contributed by atoms with Gasteiger partial charge in [-0.1, -0.05) is 6.07 Å². The van der Waals surface area contributed by atoms with Crippen LogP contribution in [0.4, 0.5) is 11.4 Å². The second-order valence-electron chi connectivity index (χ2n) is 5.01. The third-order valence-corrected chi connectivity index (χ3v) is 3.03. The summed E-state index contributed by atoms with van der Waals surface area (Å²) in [4.78, 5) is 23.8. The predicted octanol–water partition coefficient (Wildman–Crippen LogP) is 2.89. The third-order valence-electron chi connectivity index (χ3n) is 3.03. The number of rotatable bonds is 3. The maximum atomic E-state index is 11.9. The number of carbonyl (C=O) groups excluding carboxylic acids is 2. The number of ether oxygens (including phenoxy) is 1. The molecule has 0 aromatic heterocycles. The highest BCUT2D eigenvalue weighted by Crippen LogP contribution is 2.16. The molecule has 0 aliphatic heterocycles. The molecule has 114 valence electrons. The van der Waals surface area contributed by atoms with Crippen molar-refractivity contribution < 1.29 is 14.3 Å². The molecule has 2 rings (SSSR count). The molecule has 0 atom stereocenters. The van der Waals surface area contributed by atoms with E-state index in [2.05, 4.69) is 10.6 Å². The van der Waals surface area contributed by atoms with E-state index >= 15 is 0 Å². The zero-order valence-corrected chi connectivity index (χ0v) is 12.8. The van der Waals surface area contributed by atoms with Gasteiger partial charge in [0.05, 0.1) is 7.11 Å². The zero-order chi connectivity index (χ0) is 16.1. The monoisotopic (exact) mass is 298 g/mol. The summed E-state index contributed by atoms with van der Waals surface area (Å²) in [7, 11) is 1.56. The molecule has 22 heavy (non-hydrogen) atoms. The Labute approximate surface area is 129 Å². The maximum Gasteiger partial charge on any atom is 0.314 e. The van der Waals surface area contributed by atoms with E-state index in [4.69, 9.17) is 4.74 Å². The van der Waals surface area contributed by atoms with Crippen molar-refractivity contribution in [2.45, 2.75) is 13.8 Å². The van der Waals surface area contributed by atoms with Gasteiger partial charge in [-0.15, -0.1) is 0 Å². The molecule has 5 heteroatoms. The average Bonchev–Trinajstić information content (AvgIpc) is 2.46. The van der Waals surface area contributed by atoms with Gasteiger partial charge in [0, 0.05) is 11.4 Å². The molecule has 0 fully saturated rings. The van der Waals surface area contributed by atoms with Crippen LogP contribution in [0.3, 0.4) is 0 Å². The lowest BCUT2D eigenvalue weighted by Crippen LogP contribution is -2.29. The molecule has 2 aromatic carbocycles. The Balaban J connectivity index is 2.00. The van der Waals surface area contributed by atoms with Crippen molar-refractivity contribution in [2.75, 3.05) is 17.7 Å². The molecular formula is C17H18N2O3. The third kappa shape index (κ3) is 4.09. The summed E-state index contributed by atoms with van der Waals surface area (Å²) < 4.78 is 5.03. The quantitative estimate of drug-likeness (QED) is 0.856. The Bertz CT molecular complexity index is 673. The van der Waals surface area contributed by atoms with Crippen LogP contribution in [0, 0.1) is 13.8 Å². The highest BCUT2D eigenvalue weighted by atomic mass is 16.5. The molecule has 2 N–H and O–H groups in total. The van der Waals surface area contributed by atoms with Crippen molar-refractivity contribution in [2.24, 2.45) is 0 Å². The second kappa shape index (κ2) is 6.76. The minimum atomic E-state index is -0.718. The standard InChI is InChI=1S/C17H18N2O3/c1-11-8-12(2)10-14(9-11)19-17(21)16(20)18-13-4-6-15(22-3)7-5-13/h4-10H,1-3H3,(H,18,20)(H,19,21). The molecule has 0 spiro atoms. The molecule has 2 aromatic rings. The van der Waals surface area contributed by atoms with Gasteiger partial charge in [-0.2, -0.15) is 0 Å². The summed E-state index contributed by atoms with van der Waals surface area (Å²) in [5.74, 6) is -0.747. The van der Waals surface area contributed by atoms with Gasteiger partial charge in [0.1, 0.15) is 5.75 Å². The first-order chi connectivity index (χ1) is 10.5. The molecule has 0 radical (unpaired) electrons. The Hall–Kier alpha value is -2.82. The van der Waals surface area contributed by atoms with E-state index < -0.39 is 11.8 Å². The molecule has 0 unspecified atom stereocenters. The minimum absolute atomic E-state index is 0.529.